The normalized spacial score (nSPS) is 19.8. The number of rotatable bonds is 5. The molecular formula is C25H30BrN3O2. The summed E-state index contributed by atoms with van der Waals surface area (Å²) in [5.41, 5.74) is 2.47. The summed E-state index contributed by atoms with van der Waals surface area (Å²) in [6.45, 7) is 4.18. The van der Waals surface area contributed by atoms with Gasteiger partial charge in [0.15, 0.2) is 0 Å². The third-order valence-corrected chi connectivity index (χ3v) is 6.72. The Labute approximate surface area is 192 Å². The summed E-state index contributed by atoms with van der Waals surface area (Å²) < 4.78 is 1.08. The van der Waals surface area contributed by atoms with Crippen LogP contribution in [0.4, 0.5) is 5.69 Å². The van der Waals surface area contributed by atoms with Crippen molar-refractivity contribution < 1.29 is 9.59 Å². The second kappa shape index (κ2) is 10.4. The molecular weight excluding hydrogens is 454 g/mol. The molecule has 1 N–H and O–H groups in total. The lowest BCUT2D eigenvalue weighted by Crippen LogP contribution is -2.40. The summed E-state index contributed by atoms with van der Waals surface area (Å²) in [4.78, 5) is 30.4. The van der Waals surface area contributed by atoms with Gasteiger partial charge in [-0.1, -0.05) is 40.2 Å². The van der Waals surface area contributed by atoms with E-state index in [2.05, 4.69) is 38.3 Å². The number of likely N-dealkylation sites (tertiary alicyclic amines) is 2. The fourth-order valence-electron chi connectivity index (χ4n) is 4.59. The van der Waals surface area contributed by atoms with Gasteiger partial charge >= 0.3 is 0 Å². The molecule has 2 aliphatic heterocycles. The van der Waals surface area contributed by atoms with Crippen molar-refractivity contribution in [1.82, 2.24) is 9.80 Å². The van der Waals surface area contributed by atoms with E-state index < -0.39 is 0 Å². The van der Waals surface area contributed by atoms with Gasteiger partial charge in [0.05, 0.1) is 17.2 Å². The summed E-state index contributed by atoms with van der Waals surface area (Å²) in [6, 6.07) is 15.7. The maximum Gasteiger partial charge on any atom is 0.255 e. The number of carbonyl (C=O) groups excluding carboxylic acids is 2. The maximum atomic E-state index is 13.1. The highest BCUT2D eigenvalue weighted by Gasteiger charge is 2.27. The Morgan fingerprint density at radius 2 is 1.77 bits per heavy atom. The zero-order valence-corrected chi connectivity index (χ0v) is 19.4. The number of nitrogens with one attached hydrogen (secondary N) is 1. The van der Waals surface area contributed by atoms with Crippen molar-refractivity contribution in [1.29, 1.82) is 0 Å². The largest absolute Gasteiger partial charge is 0.339 e. The minimum atomic E-state index is -0.0703. The Morgan fingerprint density at radius 3 is 2.58 bits per heavy atom. The molecule has 0 aromatic heterocycles. The van der Waals surface area contributed by atoms with Gasteiger partial charge in [-0.2, -0.15) is 0 Å². The first-order valence-electron chi connectivity index (χ1n) is 11.3. The summed E-state index contributed by atoms with van der Waals surface area (Å²) in [5.74, 6) is -0.0348. The van der Waals surface area contributed by atoms with Crippen molar-refractivity contribution >= 4 is 33.4 Å². The third kappa shape index (κ3) is 5.74. The van der Waals surface area contributed by atoms with Gasteiger partial charge < -0.3 is 10.2 Å². The number of amides is 2. The number of anilines is 1. The van der Waals surface area contributed by atoms with Crippen molar-refractivity contribution in [2.24, 2.45) is 5.92 Å². The van der Waals surface area contributed by atoms with Crippen molar-refractivity contribution in [2.45, 2.75) is 38.6 Å². The predicted octanol–water partition coefficient (Wildman–Crippen LogP) is 4.93. The van der Waals surface area contributed by atoms with E-state index in [0.717, 1.165) is 62.9 Å². The number of carbonyl (C=O) groups is 2. The average molecular weight is 484 g/mol. The molecule has 5 nitrogen and oxygen atoms in total. The third-order valence-electron chi connectivity index (χ3n) is 6.23. The molecule has 164 valence electrons. The summed E-state index contributed by atoms with van der Waals surface area (Å²) in [7, 11) is 0. The molecule has 0 saturated carbocycles. The Bertz CT molecular complexity index is 926. The van der Waals surface area contributed by atoms with Crippen molar-refractivity contribution in [2.75, 3.05) is 31.5 Å². The van der Waals surface area contributed by atoms with Gasteiger partial charge in [0.2, 0.25) is 5.91 Å². The van der Waals surface area contributed by atoms with E-state index in [4.69, 9.17) is 0 Å². The van der Waals surface area contributed by atoms with Crippen LogP contribution in [0, 0.1) is 5.92 Å². The first kappa shape index (κ1) is 22.0. The lowest BCUT2D eigenvalue weighted by Gasteiger charge is -2.32. The van der Waals surface area contributed by atoms with Crippen molar-refractivity contribution in [3.8, 4) is 0 Å². The molecule has 0 spiro atoms. The van der Waals surface area contributed by atoms with Crippen LogP contribution < -0.4 is 5.32 Å². The SMILES string of the molecule is O=C(Nc1ccccc1C(=O)N1CCCCC1)C1CCCN(Cc2cccc(Br)c2)C1. The predicted molar refractivity (Wildman–Crippen MR) is 127 cm³/mol. The Hall–Kier alpha value is -2.18. The van der Waals surface area contributed by atoms with Gasteiger partial charge in [-0.05, 0) is 68.5 Å². The van der Waals surface area contributed by atoms with Gasteiger partial charge in [0.25, 0.3) is 5.91 Å². The van der Waals surface area contributed by atoms with Gasteiger partial charge in [0, 0.05) is 30.7 Å². The number of hydrogen-bond acceptors (Lipinski definition) is 3. The van der Waals surface area contributed by atoms with Gasteiger partial charge in [-0.15, -0.1) is 0 Å². The fraction of sp³-hybridized carbons (Fsp3) is 0.440. The standard InChI is InChI=1S/C25H30BrN3O2/c26-21-10-6-8-19(16-21)17-28-13-7-9-20(18-28)24(30)27-23-12-3-2-11-22(23)25(31)29-14-4-1-5-15-29/h2-3,6,8,10-12,16,20H,1,4-5,7,9,13-15,17-18H2,(H,27,30). The molecule has 6 heteroatoms. The molecule has 0 radical (unpaired) electrons. The molecule has 31 heavy (non-hydrogen) atoms. The van der Waals surface area contributed by atoms with Crippen LogP contribution in [0.5, 0.6) is 0 Å². The van der Waals surface area contributed by atoms with E-state index in [-0.39, 0.29) is 17.7 Å². The van der Waals surface area contributed by atoms with Gasteiger partial charge in [-0.25, -0.2) is 0 Å². The van der Waals surface area contributed by atoms with E-state index in [1.165, 1.54) is 12.0 Å². The number of piperidine rings is 2. The zero-order valence-electron chi connectivity index (χ0n) is 17.9. The highest BCUT2D eigenvalue weighted by molar-refractivity contribution is 9.10. The minimum Gasteiger partial charge on any atom is -0.339 e. The smallest absolute Gasteiger partial charge is 0.255 e. The van der Waals surface area contributed by atoms with Crippen LogP contribution in [0.1, 0.15) is 48.0 Å². The van der Waals surface area contributed by atoms with Crippen molar-refractivity contribution in [3.63, 3.8) is 0 Å². The lowest BCUT2D eigenvalue weighted by atomic mass is 9.96. The molecule has 2 aromatic carbocycles. The van der Waals surface area contributed by atoms with E-state index in [1.54, 1.807) is 0 Å². The topological polar surface area (TPSA) is 52.7 Å². The fourth-order valence-corrected chi connectivity index (χ4v) is 5.03. The number of nitrogens with zero attached hydrogens (tertiary/aromatic N) is 2. The Kier molecular flexibility index (Phi) is 7.41. The van der Waals surface area contributed by atoms with Crippen LogP contribution in [0.3, 0.4) is 0 Å². The molecule has 4 rings (SSSR count). The van der Waals surface area contributed by atoms with Gasteiger partial charge in [-0.3, -0.25) is 14.5 Å². The van der Waals surface area contributed by atoms with Gasteiger partial charge in [0.1, 0.15) is 0 Å². The zero-order chi connectivity index (χ0) is 21.6. The van der Waals surface area contributed by atoms with Crippen LogP contribution in [0.15, 0.2) is 53.0 Å². The summed E-state index contributed by atoms with van der Waals surface area (Å²) in [6.07, 6.45) is 5.16. The molecule has 0 aliphatic carbocycles. The van der Waals surface area contributed by atoms with E-state index in [1.807, 2.05) is 41.3 Å². The highest BCUT2D eigenvalue weighted by atomic mass is 79.9. The molecule has 1 unspecified atom stereocenters. The number of hydrogen-bond donors (Lipinski definition) is 1. The van der Waals surface area contributed by atoms with Crippen molar-refractivity contribution in [3.05, 3.63) is 64.1 Å². The summed E-state index contributed by atoms with van der Waals surface area (Å²) >= 11 is 3.53. The van der Waals surface area contributed by atoms with Crippen LogP contribution in [-0.2, 0) is 11.3 Å². The van der Waals surface area contributed by atoms with Crippen LogP contribution in [-0.4, -0.2) is 47.8 Å². The minimum absolute atomic E-state index is 0.0119. The second-order valence-corrected chi connectivity index (χ2v) is 9.51. The molecule has 2 fully saturated rings. The Morgan fingerprint density at radius 1 is 0.968 bits per heavy atom. The quantitative estimate of drug-likeness (QED) is 0.655. The van der Waals surface area contributed by atoms with E-state index in [0.29, 0.717) is 11.3 Å². The molecule has 0 bridgehead atoms. The van der Waals surface area contributed by atoms with E-state index in [9.17, 15) is 9.59 Å². The first-order valence-corrected chi connectivity index (χ1v) is 12.1. The van der Waals surface area contributed by atoms with E-state index >= 15 is 0 Å². The molecule has 2 saturated heterocycles. The monoisotopic (exact) mass is 483 g/mol. The molecule has 1 atom stereocenters. The molecule has 2 aromatic rings. The highest BCUT2D eigenvalue weighted by Crippen LogP contribution is 2.24. The van der Waals surface area contributed by atoms with Crippen LogP contribution in [0.25, 0.3) is 0 Å². The van der Waals surface area contributed by atoms with Crippen LogP contribution >= 0.6 is 15.9 Å². The molecule has 2 amide bonds. The Balaban J connectivity index is 1.40. The first-order chi connectivity index (χ1) is 15.1. The number of para-hydroxylation sites is 1. The molecule has 2 aliphatic rings. The molecule has 2 heterocycles. The number of benzene rings is 2. The average Bonchev–Trinajstić information content (AvgIpc) is 2.80. The second-order valence-electron chi connectivity index (χ2n) is 8.59. The van der Waals surface area contributed by atoms with Crippen LogP contribution in [0.2, 0.25) is 0 Å². The lowest BCUT2D eigenvalue weighted by molar-refractivity contribution is -0.121. The number of halogens is 1. The maximum absolute atomic E-state index is 13.1. The summed E-state index contributed by atoms with van der Waals surface area (Å²) in [5, 5.41) is 3.07.